The number of ketones is 1. The minimum atomic E-state index is -1.43. The molecule has 3 aliphatic rings. The molecule has 0 heterocycles. The minimum Gasteiger partial charge on any atom is -0.295 e. The van der Waals surface area contributed by atoms with Crippen LogP contribution in [-0.4, -0.2) is 13.9 Å². The molecule has 1 nitrogen and oxygen atoms in total. The summed E-state index contributed by atoms with van der Waals surface area (Å²) in [7, 11) is -1.43. The Kier molecular flexibility index (Phi) is 2.10. The van der Waals surface area contributed by atoms with Crippen molar-refractivity contribution in [3.63, 3.8) is 0 Å². The molecule has 1 atom stereocenters. The third kappa shape index (κ3) is 1.32. The van der Waals surface area contributed by atoms with Crippen LogP contribution in [0, 0.1) is 5.92 Å². The van der Waals surface area contributed by atoms with Crippen molar-refractivity contribution in [3.8, 4) is 0 Å². The number of carbonyl (C=O) groups is 1. The average Bonchev–Trinajstić information content (AvgIpc) is 2.72. The van der Waals surface area contributed by atoms with Crippen LogP contribution < -0.4 is 0 Å². The summed E-state index contributed by atoms with van der Waals surface area (Å²) in [6, 6.07) is 0. The molecule has 2 heteroatoms. The van der Waals surface area contributed by atoms with E-state index < -0.39 is 8.07 Å². The second kappa shape index (κ2) is 3.19. The van der Waals surface area contributed by atoms with Gasteiger partial charge in [0.1, 0.15) is 0 Å². The normalized spacial score (nSPS) is 29.2. The van der Waals surface area contributed by atoms with Gasteiger partial charge in [0.2, 0.25) is 0 Å². The van der Waals surface area contributed by atoms with Crippen LogP contribution in [0.4, 0.5) is 0 Å². The van der Waals surface area contributed by atoms with Gasteiger partial charge in [0.15, 0.2) is 5.78 Å². The Morgan fingerprint density at radius 3 is 2.62 bits per heavy atom. The predicted molar refractivity (Wildman–Crippen MR) is 69.0 cm³/mol. The van der Waals surface area contributed by atoms with Crippen LogP contribution in [0.5, 0.6) is 0 Å². The summed E-state index contributed by atoms with van der Waals surface area (Å²) in [5, 5.41) is 1.28. The van der Waals surface area contributed by atoms with Crippen LogP contribution in [-0.2, 0) is 4.79 Å². The topological polar surface area (TPSA) is 17.1 Å². The van der Waals surface area contributed by atoms with Gasteiger partial charge in [-0.15, -0.1) is 0 Å². The highest BCUT2D eigenvalue weighted by atomic mass is 28.3. The summed E-state index contributed by atoms with van der Waals surface area (Å²) in [5.74, 6) is 1.28. The summed E-state index contributed by atoms with van der Waals surface area (Å²) < 4.78 is 0. The third-order valence-electron chi connectivity index (χ3n) is 4.36. The van der Waals surface area contributed by atoms with Crippen LogP contribution in [0.25, 0.3) is 0 Å². The second-order valence-electron chi connectivity index (χ2n) is 6.50. The van der Waals surface area contributed by atoms with E-state index in [1.54, 1.807) is 5.57 Å². The molecule has 0 aromatic carbocycles. The predicted octanol–water partition coefficient (Wildman–Crippen LogP) is 3.63. The van der Waals surface area contributed by atoms with Gasteiger partial charge in [-0.05, 0) is 47.9 Å². The lowest BCUT2D eigenvalue weighted by molar-refractivity contribution is -0.114. The number of carbonyl (C=O) groups excluding carboxylic acids is 1. The Hall–Kier alpha value is -0.633. The minimum absolute atomic E-state index is 0.460. The van der Waals surface area contributed by atoms with E-state index in [1.807, 2.05) is 0 Å². The van der Waals surface area contributed by atoms with E-state index in [0.717, 1.165) is 12.3 Å². The molecule has 16 heavy (non-hydrogen) atoms. The van der Waals surface area contributed by atoms with Crippen molar-refractivity contribution in [3.05, 3.63) is 21.9 Å². The lowest BCUT2D eigenvalue weighted by Crippen LogP contribution is -2.28. The van der Waals surface area contributed by atoms with Gasteiger partial charge < -0.3 is 0 Å². The zero-order valence-corrected chi connectivity index (χ0v) is 11.5. The van der Waals surface area contributed by atoms with E-state index in [9.17, 15) is 4.79 Å². The molecule has 86 valence electrons. The molecule has 3 aliphatic carbocycles. The summed E-state index contributed by atoms with van der Waals surface area (Å²) in [5.41, 5.74) is 4.66. The Labute approximate surface area is 98.6 Å². The molecule has 1 saturated carbocycles. The highest BCUT2D eigenvalue weighted by Gasteiger charge is 2.43. The number of Topliss-reactive ketones (excluding diaryl/α,β-unsaturated/α-hetero) is 1. The molecule has 0 aliphatic heterocycles. The van der Waals surface area contributed by atoms with Crippen LogP contribution >= 0.6 is 0 Å². The summed E-state index contributed by atoms with van der Waals surface area (Å²) in [4.78, 5) is 12.2. The first-order chi connectivity index (χ1) is 7.48. The largest absolute Gasteiger partial charge is 0.295 e. The van der Waals surface area contributed by atoms with Crippen LogP contribution in [0.2, 0.25) is 19.6 Å². The van der Waals surface area contributed by atoms with E-state index in [4.69, 9.17) is 0 Å². The molecule has 0 saturated heterocycles. The first-order valence-electron chi connectivity index (χ1n) is 6.47. The van der Waals surface area contributed by atoms with Gasteiger partial charge in [-0.25, -0.2) is 0 Å². The van der Waals surface area contributed by atoms with Crippen molar-refractivity contribution in [2.75, 3.05) is 0 Å². The highest BCUT2D eigenvalue weighted by molar-refractivity contribution is 6.87. The van der Waals surface area contributed by atoms with Crippen LogP contribution in [0.15, 0.2) is 21.9 Å². The van der Waals surface area contributed by atoms with Gasteiger partial charge >= 0.3 is 0 Å². The monoisotopic (exact) mass is 232 g/mol. The van der Waals surface area contributed by atoms with Gasteiger partial charge in [0, 0.05) is 6.42 Å². The standard InChI is InChI=1S/C14H20OSi/c1-16(2,3)14-12-7-9-5-4-6-10(9)11(12)8-13(14)15/h9H,4-8H2,1-3H3. The van der Waals surface area contributed by atoms with E-state index >= 15 is 0 Å². The Morgan fingerprint density at radius 1 is 1.19 bits per heavy atom. The molecule has 0 N–H and O–H groups in total. The quantitative estimate of drug-likeness (QED) is 0.631. The maximum absolute atomic E-state index is 12.2. The molecule has 0 bridgehead atoms. The lowest BCUT2D eigenvalue weighted by Gasteiger charge is -2.19. The molecular weight excluding hydrogens is 212 g/mol. The van der Waals surface area contributed by atoms with Gasteiger partial charge in [-0.3, -0.25) is 4.79 Å². The zero-order valence-electron chi connectivity index (χ0n) is 10.5. The van der Waals surface area contributed by atoms with Gasteiger partial charge in [-0.2, -0.15) is 0 Å². The summed E-state index contributed by atoms with van der Waals surface area (Å²) >= 11 is 0. The van der Waals surface area contributed by atoms with Gasteiger partial charge in [0.05, 0.1) is 8.07 Å². The second-order valence-corrected chi connectivity index (χ2v) is 11.5. The maximum Gasteiger partial charge on any atom is 0.159 e. The van der Waals surface area contributed by atoms with Crippen molar-refractivity contribution in [2.24, 2.45) is 5.92 Å². The smallest absolute Gasteiger partial charge is 0.159 e. The Balaban J connectivity index is 2.13. The fraction of sp³-hybridized carbons (Fsp3) is 0.643. The molecule has 1 unspecified atom stereocenters. The first kappa shape index (κ1) is 10.5. The van der Waals surface area contributed by atoms with Gasteiger partial charge in [-0.1, -0.05) is 25.2 Å². The van der Waals surface area contributed by atoms with Crippen molar-refractivity contribution < 1.29 is 4.79 Å². The molecular formula is C14H20OSi. The summed E-state index contributed by atoms with van der Waals surface area (Å²) in [6.45, 7) is 6.94. The molecule has 0 spiro atoms. The SMILES string of the molecule is C[Si](C)(C)C1=C2CC3CCCC3=C2CC1=O. The Morgan fingerprint density at radius 2 is 1.94 bits per heavy atom. The molecule has 0 aromatic rings. The zero-order chi connectivity index (χ0) is 11.5. The van der Waals surface area contributed by atoms with E-state index in [0.29, 0.717) is 5.78 Å². The number of hydrogen-bond acceptors (Lipinski definition) is 1. The van der Waals surface area contributed by atoms with Crippen molar-refractivity contribution >= 4 is 13.9 Å². The van der Waals surface area contributed by atoms with E-state index in [1.165, 1.54) is 42.0 Å². The number of allylic oxidation sites excluding steroid dienone is 4. The number of fused-ring (bicyclic) bond motifs is 2. The van der Waals surface area contributed by atoms with E-state index in [2.05, 4.69) is 19.6 Å². The average molecular weight is 232 g/mol. The third-order valence-corrected chi connectivity index (χ3v) is 6.44. The number of hydrogen-bond donors (Lipinski definition) is 0. The lowest BCUT2D eigenvalue weighted by atomic mass is 10.0. The molecule has 1 fully saturated rings. The molecule has 0 radical (unpaired) electrons. The van der Waals surface area contributed by atoms with E-state index in [-0.39, 0.29) is 0 Å². The number of rotatable bonds is 1. The molecule has 0 aromatic heterocycles. The van der Waals surface area contributed by atoms with Crippen molar-refractivity contribution in [2.45, 2.75) is 51.7 Å². The first-order valence-corrected chi connectivity index (χ1v) is 9.97. The van der Waals surface area contributed by atoms with Gasteiger partial charge in [0.25, 0.3) is 0 Å². The fourth-order valence-electron chi connectivity index (χ4n) is 3.86. The Bertz CT molecular complexity index is 434. The summed E-state index contributed by atoms with van der Waals surface area (Å²) in [6.07, 6.45) is 5.95. The van der Waals surface area contributed by atoms with Crippen LogP contribution in [0.1, 0.15) is 32.1 Å². The highest BCUT2D eigenvalue weighted by Crippen LogP contribution is 2.52. The van der Waals surface area contributed by atoms with Crippen LogP contribution in [0.3, 0.4) is 0 Å². The maximum atomic E-state index is 12.2. The van der Waals surface area contributed by atoms with Crippen molar-refractivity contribution in [1.29, 1.82) is 0 Å². The van der Waals surface area contributed by atoms with Crippen molar-refractivity contribution in [1.82, 2.24) is 0 Å². The molecule has 0 amide bonds. The fourth-order valence-corrected chi connectivity index (χ4v) is 5.95. The molecule has 3 rings (SSSR count).